The standard InChI is InChI=1S/C18H26N2O5Si/c1-13(18(22)23-2)25-16-8-6-7-14-15(16)11-19-20(17(14)21)12-24-9-10-26(3,4)5/h6-8,11,13H,9-10,12H2,1-5H3. The summed E-state index contributed by atoms with van der Waals surface area (Å²) in [7, 11) is 0.124. The quantitative estimate of drug-likeness (QED) is 0.399. The smallest absolute Gasteiger partial charge is 0.346 e. The van der Waals surface area contributed by atoms with Gasteiger partial charge < -0.3 is 14.2 Å². The molecule has 26 heavy (non-hydrogen) atoms. The number of carbonyl (C=O) groups is 1. The fourth-order valence-electron chi connectivity index (χ4n) is 2.31. The summed E-state index contributed by atoms with van der Waals surface area (Å²) in [6, 6.07) is 6.13. The van der Waals surface area contributed by atoms with Gasteiger partial charge in [0.2, 0.25) is 0 Å². The molecule has 1 unspecified atom stereocenters. The summed E-state index contributed by atoms with van der Waals surface area (Å²) in [6.07, 6.45) is 0.774. The van der Waals surface area contributed by atoms with Gasteiger partial charge in [0.25, 0.3) is 5.56 Å². The maximum Gasteiger partial charge on any atom is 0.346 e. The van der Waals surface area contributed by atoms with Crippen LogP contribution in [0.25, 0.3) is 10.8 Å². The number of ether oxygens (including phenoxy) is 3. The molecule has 2 aromatic rings. The Morgan fingerprint density at radius 1 is 1.27 bits per heavy atom. The van der Waals surface area contributed by atoms with Gasteiger partial charge in [0.1, 0.15) is 12.5 Å². The monoisotopic (exact) mass is 378 g/mol. The van der Waals surface area contributed by atoms with Crippen molar-refractivity contribution in [1.29, 1.82) is 0 Å². The minimum absolute atomic E-state index is 0.114. The Hall–Kier alpha value is -2.19. The van der Waals surface area contributed by atoms with Crippen molar-refractivity contribution in [2.24, 2.45) is 0 Å². The molecule has 0 N–H and O–H groups in total. The molecule has 0 bridgehead atoms. The molecule has 1 aromatic carbocycles. The average Bonchev–Trinajstić information content (AvgIpc) is 2.59. The summed E-state index contributed by atoms with van der Waals surface area (Å²) in [5, 5.41) is 5.18. The first kappa shape index (κ1) is 20.1. The molecule has 1 atom stereocenters. The van der Waals surface area contributed by atoms with Gasteiger partial charge in [-0.25, -0.2) is 9.48 Å². The van der Waals surface area contributed by atoms with Crippen LogP contribution >= 0.6 is 0 Å². The lowest BCUT2D eigenvalue weighted by atomic mass is 10.2. The summed E-state index contributed by atoms with van der Waals surface area (Å²) in [5.74, 6) is -0.0732. The van der Waals surface area contributed by atoms with E-state index in [1.54, 1.807) is 31.3 Å². The van der Waals surface area contributed by atoms with Crippen molar-refractivity contribution in [1.82, 2.24) is 9.78 Å². The number of rotatable bonds is 8. The van der Waals surface area contributed by atoms with E-state index in [1.807, 2.05) is 0 Å². The molecule has 1 heterocycles. The topological polar surface area (TPSA) is 79.7 Å². The SMILES string of the molecule is COC(=O)C(C)Oc1cccc2c(=O)n(COCC[Si](C)(C)C)ncc12. The fourth-order valence-corrected chi connectivity index (χ4v) is 3.07. The number of carbonyl (C=O) groups excluding carboxylic acids is 1. The van der Waals surface area contributed by atoms with Gasteiger partial charge in [-0.3, -0.25) is 4.79 Å². The molecule has 1 aromatic heterocycles. The molecular weight excluding hydrogens is 352 g/mol. The molecule has 0 fully saturated rings. The number of esters is 1. The number of hydrogen-bond donors (Lipinski definition) is 0. The molecule has 7 nitrogen and oxygen atoms in total. The van der Waals surface area contributed by atoms with Crippen molar-refractivity contribution in [2.45, 2.75) is 45.4 Å². The fraction of sp³-hybridized carbons (Fsp3) is 0.500. The largest absolute Gasteiger partial charge is 0.478 e. The van der Waals surface area contributed by atoms with Gasteiger partial charge in [0.05, 0.1) is 18.7 Å². The third-order valence-corrected chi connectivity index (χ3v) is 5.61. The number of fused-ring (bicyclic) bond motifs is 1. The highest BCUT2D eigenvalue weighted by Gasteiger charge is 2.17. The zero-order valence-corrected chi connectivity index (χ0v) is 16.9. The second kappa shape index (κ2) is 8.46. The Morgan fingerprint density at radius 2 is 2.00 bits per heavy atom. The molecule has 0 radical (unpaired) electrons. The Kier molecular flexibility index (Phi) is 6.55. The molecule has 0 aliphatic rings. The van der Waals surface area contributed by atoms with Gasteiger partial charge in [-0.05, 0) is 25.1 Å². The third kappa shape index (κ3) is 5.15. The van der Waals surface area contributed by atoms with Crippen LogP contribution in [-0.4, -0.2) is 43.6 Å². The van der Waals surface area contributed by atoms with Crippen LogP contribution in [0, 0.1) is 0 Å². The van der Waals surface area contributed by atoms with E-state index in [4.69, 9.17) is 9.47 Å². The van der Waals surface area contributed by atoms with Crippen LogP contribution in [-0.2, 0) is 21.0 Å². The lowest BCUT2D eigenvalue weighted by Gasteiger charge is -2.16. The van der Waals surface area contributed by atoms with Crippen molar-refractivity contribution in [3.05, 3.63) is 34.7 Å². The number of methoxy groups -OCH3 is 1. The second-order valence-electron chi connectivity index (χ2n) is 7.30. The first-order valence-corrected chi connectivity index (χ1v) is 12.2. The maximum absolute atomic E-state index is 12.6. The van der Waals surface area contributed by atoms with Crippen molar-refractivity contribution >= 4 is 24.8 Å². The zero-order valence-electron chi connectivity index (χ0n) is 15.9. The predicted octanol–water partition coefficient (Wildman–Crippen LogP) is 2.65. The molecule has 142 valence electrons. The number of benzene rings is 1. The van der Waals surface area contributed by atoms with E-state index in [1.165, 1.54) is 11.8 Å². The van der Waals surface area contributed by atoms with Gasteiger partial charge in [0.15, 0.2) is 6.10 Å². The molecular formula is C18H26N2O5Si. The van der Waals surface area contributed by atoms with E-state index in [0.29, 0.717) is 23.1 Å². The minimum atomic E-state index is -1.18. The van der Waals surface area contributed by atoms with Crippen LogP contribution in [0.4, 0.5) is 0 Å². The minimum Gasteiger partial charge on any atom is -0.478 e. The maximum atomic E-state index is 12.6. The lowest BCUT2D eigenvalue weighted by Crippen LogP contribution is -2.27. The molecule has 2 rings (SSSR count). The molecule has 0 aliphatic heterocycles. The summed E-state index contributed by atoms with van der Waals surface area (Å²) >= 11 is 0. The Bertz CT molecular complexity index is 828. The molecule has 0 amide bonds. The van der Waals surface area contributed by atoms with Gasteiger partial charge in [-0.1, -0.05) is 25.7 Å². The van der Waals surface area contributed by atoms with Crippen molar-refractivity contribution < 1.29 is 19.0 Å². The Labute approximate surface area is 153 Å². The molecule has 0 aliphatic carbocycles. The summed E-state index contributed by atoms with van der Waals surface area (Å²) in [4.78, 5) is 24.2. The summed E-state index contributed by atoms with van der Waals surface area (Å²) < 4.78 is 17.2. The number of hydrogen-bond acceptors (Lipinski definition) is 6. The van der Waals surface area contributed by atoms with Crippen LogP contribution in [0.1, 0.15) is 6.92 Å². The average molecular weight is 379 g/mol. The normalized spacial score (nSPS) is 12.8. The number of aromatic nitrogens is 2. The van der Waals surface area contributed by atoms with E-state index in [2.05, 4.69) is 29.5 Å². The third-order valence-electron chi connectivity index (χ3n) is 3.90. The Balaban J connectivity index is 2.19. The van der Waals surface area contributed by atoms with Crippen LogP contribution in [0.2, 0.25) is 25.7 Å². The van der Waals surface area contributed by atoms with E-state index in [0.717, 1.165) is 6.04 Å². The lowest BCUT2D eigenvalue weighted by molar-refractivity contribution is -0.147. The highest BCUT2D eigenvalue weighted by atomic mass is 28.3. The van der Waals surface area contributed by atoms with E-state index in [9.17, 15) is 9.59 Å². The van der Waals surface area contributed by atoms with Gasteiger partial charge in [0, 0.05) is 20.1 Å². The van der Waals surface area contributed by atoms with Gasteiger partial charge in [-0.2, -0.15) is 5.10 Å². The summed E-state index contributed by atoms with van der Waals surface area (Å²) in [6.45, 7) is 9.13. The van der Waals surface area contributed by atoms with Crippen LogP contribution < -0.4 is 10.3 Å². The Morgan fingerprint density at radius 3 is 2.65 bits per heavy atom. The van der Waals surface area contributed by atoms with Crippen molar-refractivity contribution in [3.63, 3.8) is 0 Å². The molecule has 8 heteroatoms. The first-order valence-electron chi connectivity index (χ1n) is 8.54. The molecule has 0 saturated heterocycles. The van der Waals surface area contributed by atoms with Gasteiger partial charge >= 0.3 is 5.97 Å². The highest BCUT2D eigenvalue weighted by Crippen LogP contribution is 2.23. The van der Waals surface area contributed by atoms with Crippen LogP contribution in [0.15, 0.2) is 29.2 Å². The van der Waals surface area contributed by atoms with E-state index in [-0.39, 0.29) is 12.3 Å². The van der Waals surface area contributed by atoms with Crippen molar-refractivity contribution in [2.75, 3.05) is 13.7 Å². The van der Waals surface area contributed by atoms with Gasteiger partial charge in [-0.15, -0.1) is 0 Å². The van der Waals surface area contributed by atoms with E-state index < -0.39 is 20.1 Å². The predicted molar refractivity (Wildman–Crippen MR) is 102 cm³/mol. The van der Waals surface area contributed by atoms with E-state index >= 15 is 0 Å². The summed E-state index contributed by atoms with van der Waals surface area (Å²) in [5.41, 5.74) is -0.258. The molecule has 0 spiro atoms. The molecule has 0 saturated carbocycles. The van der Waals surface area contributed by atoms with Crippen LogP contribution in [0.3, 0.4) is 0 Å². The highest BCUT2D eigenvalue weighted by molar-refractivity contribution is 6.76. The zero-order chi connectivity index (χ0) is 19.3. The second-order valence-corrected chi connectivity index (χ2v) is 12.9. The van der Waals surface area contributed by atoms with Crippen LogP contribution in [0.5, 0.6) is 5.75 Å². The first-order chi connectivity index (χ1) is 12.2. The van der Waals surface area contributed by atoms with Crippen molar-refractivity contribution in [3.8, 4) is 5.75 Å². The number of nitrogens with zero attached hydrogens (tertiary/aromatic N) is 2.